The maximum atomic E-state index is 13.5. The second kappa shape index (κ2) is 10.8. The Bertz CT molecular complexity index is 1290. The van der Waals surface area contributed by atoms with Gasteiger partial charge in [0.15, 0.2) is 5.78 Å². The van der Waals surface area contributed by atoms with Crippen LogP contribution < -0.4 is 16.0 Å². The van der Waals surface area contributed by atoms with Crippen LogP contribution in [0.4, 0.5) is 10.1 Å². The highest BCUT2D eigenvalue weighted by molar-refractivity contribution is 6.30. The van der Waals surface area contributed by atoms with Gasteiger partial charge in [0.2, 0.25) is 5.60 Å². The lowest BCUT2D eigenvalue weighted by Gasteiger charge is -2.22. The van der Waals surface area contributed by atoms with E-state index in [1.807, 2.05) is 0 Å². The van der Waals surface area contributed by atoms with Crippen LogP contribution in [0.25, 0.3) is 10.9 Å². The molecule has 0 radical (unpaired) electrons. The Labute approximate surface area is 212 Å². The largest absolute Gasteiger partial charge is 0.372 e. The highest BCUT2D eigenvalue weighted by atomic mass is 35.5. The van der Waals surface area contributed by atoms with Crippen molar-refractivity contribution >= 4 is 45.8 Å². The molecule has 0 spiro atoms. The van der Waals surface area contributed by atoms with Crippen molar-refractivity contribution in [1.29, 1.82) is 0 Å². The van der Waals surface area contributed by atoms with Crippen LogP contribution in [0.1, 0.15) is 48.2 Å². The number of aromatic nitrogens is 1. The Balaban J connectivity index is 1.43. The lowest BCUT2D eigenvalue weighted by molar-refractivity contribution is -0.149. The first-order valence-electron chi connectivity index (χ1n) is 11.8. The van der Waals surface area contributed by atoms with Crippen molar-refractivity contribution in [3.8, 4) is 0 Å². The summed E-state index contributed by atoms with van der Waals surface area (Å²) in [6.07, 6.45) is 2.88. The number of carbonyl (C=O) groups is 3. The van der Waals surface area contributed by atoms with E-state index in [0.29, 0.717) is 29.9 Å². The SMILES string of the molecule is NCCCCCC(=O)c1cc2cc(N3CC[C@](O)(C(=O)NCc4cc(F)cc(Cl)c4)C3=O)ccc2[nH]1. The van der Waals surface area contributed by atoms with Crippen LogP contribution in [-0.2, 0) is 16.1 Å². The summed E-state index contributed by atoms with van der Waals surface area (Å²) in [5.41, 5.74) is 5.41. The number of anilines is 1. The van der Waals surface area contributed by atoms with Gasteiger partial charge in [0.1, 0.15) is 5.82 Å². The maximum Gasteiger partial charge on any atom is 0.268 e. The highest BCUT2D eigenvalue weighted by Crippen LogP contribution is 2.31. The molecule has 0 aliphatic carbocycles. The number of nitrogens with one attached hydrogen (secondary N) is 2. The molecule has 1 aliphatic heterocycles. The Morgan fingerprint density at radius 2 is 1.97 bits per heavy atom. The summed E-state index contributed by atoms with van der Waals surface area (Å²) in [4.78, 5) is 42.8. The summed E-state index contributed by atoms with van der Waals surface area (Å²) >= 11 is 5.84. The van der Waals surface area contributed by atoms with Gasteiger partial charge < -0.3 is 26.0 Å². The van der Waals surface area contributed by atoms with Crippen LogP contribution in [-0.4, -0.2) is 46.4 Å². The van der Waals surface area contributed by atoms with Crippen LogP contribution in [0.5, 0.6) is 0 Å². The predicted octanol–water partition coefficient (Wildman–Crippen LogP) is 3.45. The molecule has 5 N–H and O–H groups in total. The minimum Gasteiger partial charge on any atom is -0.372 e. The van der Waals surface area contributed by atoms with Crippen molar-refractivity contribution in [2.45, 2.75) is 44.2 Å². The van der Waals surface area contributed by atoms with E-state index in [1.165, 1.54) is 17.0 Å². The van der Waals surface area contributed by atoms with Crippen molar-refractivity contribution in [2.75, 3.05) is 18.0 Å². The smallest absolute Gasteiger partial charge is 0.268 e. The van der Waals surface area contributed by atoms with Gasteiger partial charge in [0, 0.05) is 47.5 Å². The fourth-order valence-corrected chi connectivity index (χ4v) is 4.63. The van der Waals surface area contributed by atoms with E-state index in [4.69, 9.17) is 17.3 Å². The number of nitrogens with two attached hydrogens (primary N) is 1. The lowest BCUT2D eigenvalue weighted by atomic mass is 10.0. The number of aromatic amines is 1. The quantitative estimate of drug-likeness (QED) is 0.187. The number of Topliss-reactive ketones (excluding diaryl/α,β-unsaturated/α-hetero) is 1. The summed E-state index contributed by atoms with van der Waals surface area (Å²) in [7, 11) is 0. The normalized spacial score (nSPS) is 17.7. The first kappa shape index (κ1) is 25.8. The molecule has 0 saturated carbocycles. The zero-order valence-corrected chi connectivity index (χ0v) is 20.4. The van der Waals surface area contributed by atoms with Gasteiger partial charge in [0.25, 0.3) is 11.8 Å². The van der Waals surface area contributed by atoms with Crippen LogP contribution in [0.15, 0.2) is 42.5 Å². The van der Waals surface area contributed by atoms with Crippen molar-refractivity contribution in [2.24, 2.45) is 5.73 Å². The Morgan fingerprint density at radius 3 is 2.72 bits per heavy atom. The fraction of sp³-hybridized carbons (Fsp3) is 0.346. The zero-order valence-electron chi connectivity index (χ0n) is 19.7. The molecule has 1 aromatic heterocycles. The molecule has 2 amide bonds. The van der Waals surface area contributed by atoms with Crippen LogP contribution in [0.3, 0.4) is 0 Å². The summed E-state index contributed by atoms with van der Waals surface area (Å²) in [6.45, 7) is 0.652. The first-order valence-corrected chi connectivity index (χ1v) is 12.2. The molecule has 1 atom stereocenters. The molecule has 1 aliphatic rings. The number of ketones is 1. The molecule has 10 heteroatoms. The van der Waals surface area contributed by atoms with Crippen LogP contribution in [0, 0.1) is 5.82 Å². The molecule has 0 unspecified atom stereocenters. The number of fused-ring (bicyclic) bond motifs is 1. The summed E-state index contributed by atoms with van der Waals surface area (Å²) in [5.74, 6) is -2.15. The third kappa shape index (κ3) is 5.43. The Hall–Kier alpha value is -3.27. The van der Waals surface area contributed by atoms with E-state index in [1.54, 1.807) is 24.3 Å². The van der Waals surface area contributed by atoms with Crippen molar-refractivity contribution < 1.29 is 23.9 Å². The third-order valence-electron chi connectivity index (χ3n) is 6.37. The van der Waals surface area contributed by atoms with E-state index in [-0.39, 0.29) is 30.3 Å². The molecule has 8 nitrogen and oxygen atoms in total. The second-order valence-electron chi connectivity index (χ2n) is 9.00. The van der Waals surface area contributed by atoms with Gasteiger partial charge in [-0.1, -0.05) is 18.0 Å². The number of unbranched alkanes of at least 4 members (excludes halogenated alkanes) is 2. The van der Waals surface area contributed by atoms with Crippen molar-refractivity contribution in [3.05, 3.63) is 64.6 Å². The molecule has 1 saturated heterocycles. The van der Waals surface area contributed by atoms with Gasteiger partial charge in [-0.15, -0.1) is 0 Å². The predicted molar refractivity (Wildman–Crippen MR) is 135 cm³/mol. The first-order chi connectivity index (χ1) is 17.2. The molecular weight excluding hydrogens is 487 g/mol. The molecule has 2 heterocycles. The summed E-state index contributed by atoms with van der Waals surface area (Å²) < 4.78 is 13.5. The van der Waals surface area contributed by atoms with E-state index < -0.39 is 23.2 Å². The number of hydrogen-bond acceptors (Lipinski definition) is 5. The van der Waals surface area contributed by atoms with Gasteiger partial charge >= 0.3 is 0 Å². The number of halogens is 2. The summed E-state index contributed by atoms with van der Waals surface area (Å²) in [6, 6.07) is 10.8. The topological polar surface area (TPSA) is 129 Å². The minimum absolute atomic E-state index is 0.00708. The molecule has 1 fully saturated rings. The van der Waals surface area contributed by atoms with Gasteiger partial charge in [-0.05, 0) is 67.4 Å². The lowest BCUT2D eigenvalue weighted by Crippen LogP contribution is -2.52. The van der Waals surface area contributed by atoms with Crippen LogP contribution >= 0.6 is 11.6 Å². The number of H-pyrrole nitrogens is 1. The van der Waals surface area contributed by atoms with Gasteiger partial charge in [-0.2, -0.15) is 0 Å². The minimum atomic E-state index is -2.24. The molecule has 190 valence electrons. The van der Waals surface area contributed by atoms with Gasteiger partial charge in [0.05, 0.1) is 5.69 Å². The number of aliphatic hydroxyl groups is 1. The molecular formula is C26H28ClFN4O4. The molecule has 0 bridgehead atoms. The Morgan fingerprint density at radius 1 is 1.17 bits per heavy atom. The van der Waals surface area contributed by atoms with Crippen molar-refractivity contribution in [1.82, 2.24) is 10.3 Å². The van der Waals surface area contributed by atoms with E-state index in [0.717, 1.165) is 36.2 Å². The van der Waals surface area contributed by atoms with Gasteiger partial charge in [-0.25, -0.2) is 4.39 Å². The number of rotatable bonds is 10. The van der Waals surface area contributed by atoms with Gasteiger partial charge in [-0.3, -0.25) is 14.4 Å². The number of hydrogen-bond donors (Lipinski definition) is 4. The summed E-state index contributed by atoms with van der Waals surface area (Å²) in [5, 5.41) is 14.3. The zero-order chi connectivity index (χ0) is 25.9. The molecule has 36 heavy (non-hydrogen) atoms. The molecule has 2 aromatic carbocycles. The maximum absolute atomic E-state index is 13.5. The number of carbonyl (C=O) groups excluding carboxylic acids is 3. The van der Waals surface area contributed by atoms with E-state index >= 15 is 0 Å². The third-order valence-corrected chi connectivity index (χ3v) is 6.59. The number of nitrogens with zero attached hydrogens (tertiary/aromatic N) is 1. The van der Waals surface area contributed by atoms with Crippen molar-refractivity contribution in [3.63, 3.8) is 0 Å². The van der Waals surface area contributed by atoms with E-state index in [2.05, 4.69) is 10.3 Å². The standard InChI is InChI=1S/C26H28ClFN4O4/c27-18-10-16(11-19(28)14-18)15-30-24(34)26(36)7-9-32(25(26)35)20-5-6-21-17(12-20)13-22(31-21)23(33)4-2-1-3-8-29/h5-6,10-14,31,36H,1-4,7-9,15,29H2,(H,30,34)/t26-/m0/s1. The van der Waals surface area contributed by atoms with Crippen LogP contribution in [0.2, 0.25) is 5.02 Å². The molecule has 3 aromatic rings. The monoisotopic (exact) mass is 514 g/mol. The number of benzene rings is 2. The fourth-order valence-electron chi connectivity index (χ4n) is 4.38. The Kier molecular flexibility index (Phi) is 7.73. The average molecular weight is 515 g/mol. The highest BCUT2D eigenvalue weighted by Gasteiger charge is 2.51. The van der Waals surface area contributed by atoms with E-state index in [9.17, 15) is 23.9 Å². The molecule has 4 rings (SSSR count). The number of amides is 2. The average Bonchev–Trinajstić information content (AvgIpc) is 3.40. The second-order valence-corrected chi connectivity index (χ2v) is 9.44.